The minimum Gasteiger partial charge on any atom is -0.330 e. The van der Waals surface area contributed by atoms with Gasteiger partial charge in [-0.3, -0.25) is 4.90 Å². The maximum Gasteiger partial charge on any atom is 0.127 e. The Balaban J connectivity index is 2.18. The summed E-state index contributed by atoms with van der Waals surface area (Å²) in [5.74, 6) is -0.100. The number of hydrogen-bond donors (Lipinski definition) is 1. The molecule has 94 valence electrons. The standard InChI is InChI=1S/C14H21FN2/c15-13-7-3-2-6-12(13)14(8-9-16)17-10-4-1-5-11-17/h2-3,6-7,14H,1,4-5,8-11,16H2. The van der Waals surface area contributed by atoms with Crippen LogP contribution in [0.1, 0.15) is 37.3 Å². The molecule has 1 aromatic rings. The van der Waals surface area contributed by atoms with E-state index in [0.717, 1.165) is 25.1 Å². The van der Waals surface area contributed by atoms with Crippen LogP contribution in [0.25, 0.3) is 0 Å². The van der Waals surface area contributed by atoms with E-state index in [-0.39, 0.29) is 11.9 Å². The van der Waals surface area contributed by atoms with Crippen molar-refractivity contribution in [2.75, 3.05) is 19.6 Å². The normalized spacial score (nSPS) is 19.2. The van der Waals surface area contributed by atoms with Crippen molar-refractivity contribution in [1.29, 1.82) is 0 Å². The van der Waals surface area contributed by atoms with Gasteiger partial charge in [0.2, 0.25) is 0 Å². The summed E-state index contributed by atoms with van der Waals surface area (Å²) in [7, 11) is 0. The van der Waals surface area contributed by atoms with Crippen LogP contribution in [0.3, 0.4) is 0 Å². The number of likely N-dealkylation sites (tertiary alicyclic amines) is 1. The van der Waals surface area contributed by atoms with Crippen LogP contribution in [-0.4, -0.2) is 24.5 Å². The highest BCUT2D eigenvalue weighted by molar-refractivity contribution is 5.21. The first-order valence-corrected chi connectivity index (χ1v) is 6.51. The predicted molar refractivity (Wildman–Crippen MR) is 68.2 cm³/mol. The molecule has 1 saturated heterocycles. The van der Waals surface area contributed by atoms with Crippen molar-refractivity contribution in [1.82, 2.24) is 4.90 Å². The highest BCUT2D eigenvalue weighted by atomic mass is 19.1. The minimum absolute atomic E-state index is 0.100. The number of nitrogens with zero attached hydrogens (tertiary/aromatic N) is 1. The summed E-state index contributed by atoms with van der Waals surface area (Å²) >= 11 is 0. The van der Waals surface area contributed by atoms with Crippen LogP contribution in [0, 0.1) is 5.82 Å². The zero-order valence-electron chi connectivity index (χ0n) is 10.2. The zero-order chi connectivity index (χ0) is 12.1. The number of nitrogens with two attached hydrogens (primary N) is 1. The Kier molecular flexibility index (Phi) is 4.51. The van der Waals surface area contributed by atoms with Crippen molar-refractivity contribution in [3.05, 3.63) is 35.6 Å². The molecule has 0 radical (unpaired) electrons. The predicted octanol–water partition coefficient (Wildman–Crippen LogP) is 2.70. The van der Waals surface area contributed by atoms with Crippen LogP contribution in [0.5, 0.6) is 0 Å². The van der Waals surface area contributed by atoms with E-state index in [4.69, 9.17) is 5.73 Å². The smallest absolute Gasteiger partial charge is 0.127 e. The van der Waals surface area contributed by atoms with Gasteiger partial charge in [0.05, 0.1) is 0 Å². The molecular weight excluding hydrogens is 215 g/mol. The third-order valence-corrected chi connectivity index (χ3v) is 3.54. The largest absolute Gasteiger partial charge is 0.330 e. The Hall–Kier alpha value is -0.930. The number of piperidine rings is 1. The summed E-state index contributed by atoms with van der Waals surface area (Å²) in [5.41, 5.74) is 6.48. The highest BCUT2D eigenvalue weighted by Gasteiger charge is 2.23. The third kappa shape index (κ3) is 3.05. The molecule has 17 heavy (non-hydrogen) atoms. The molecule has 3 heteroatoms. The molecule has 1 atom stereocenters. The van der Waals surface area contributed by atoms with Crippen LogP contribution < -0.4 is 5.73 Å². The second kappa shape index (κ2) is 6.12. The second-order valence-corrected chi connectivity index (χ2v) is 4.71. The number of hydrogen-bond acceptors (Lipinski definition) is 2. The lowest BCUT2D eigenvalue weighted by molar-refractivity contribution is 0.154. The van der Waals surface area contributed by atoms with E-state index in [9.17, 15) is 4.39 Å². The van der Waals surface area contributed by atoms with E-state index in [0.29, 0.717) is 6.54 Å². The molecule has 2 N–H and O–H groups in total. The third-order valence-electron chi connectivity index (χ3n) is 3.54. The van der Waals surface area contributed by atoms with Gasteiger partial charge in [-0.1, -0.05) is 24.6 Å². The van der Waals surface area contributed by atoms with Crippen LogP contribution in [0.4, 0.5) is 4.39 Å². The molecule has 1 aliphatic heterocycles. The Labute approximate surface area is 103 Å². The molecule has 1 fully saturated rings. The Morgan fingerprint density at radius 2 is 1.88 bits per heavy atom. The van der Waals surface area contributed by atoms with E-state index in [1.54, 1.807) is 12.1 Å². The Morgan fingerprint density at radius 1 is 1.18 bits per heavy atom. The zero-order valence-corrected chi connectivity index (χ0v) is 10.2. The molecule has 2 nitrogen and oxygen atoms in total. The fraction of sp³-hybridized carbons (Fsp3) is 0.571. The van der Waals surface area contributed by atoms with Crippen molar-refractivity contribution in [2.24, 2.45) is 5.73 Å². The fourth-order valence-corrected chi connectivity index (χ4v) is 2.67. The van der Waals surface area contributed by atoms with Crippen LogP contribution >= 0.6 is 0 Å². The number of halogens is 1. The van der Waals surface area contributed by atoms with Crippen LogP contribution in [0.2, 0.25) is 0 Å². The molecule has 0 bridgehead atoms. The van der Waals surface area contributed by atoms with Crippen molar-refractivity contribution in [3.63, 3.8) is 0 Å². The average molecular weight is 236 g/mol. The van der Waals surface area contributed by atoms with Gasteiger partial charge < -0.3 is 5.73 Å². The molecule has 1 aliphatic rings. The monoisotopic (exact) mass is 236 g/mol. The van der Waals surface area contributed by atoms with E-state index in [2.05, 4.69) is 4.90 Å². The summed E-state index contributed by atoms with van der Waals surface area (Å²) in [4.78, 5) is 2.38. The molecule has 0 saturated carbocycles. The maximum absolute atomic E-state index is 13.9. The van der Waals surface area contributed by atoms with Crippen LogP contribution in [-0.2, 0) is 0 Å². The number of rotatable bonds is 4. The lowest BCUT2D eigenvalue weighted by Gasteiger charge is -2.35. The minimum atomic E-state index is -0.100. The van der Waals surface area contributed by atoms with Gasteiger partial charge in [-0.15, -0.1) is 0 Å². The van der Waals surface area contributed by atoms with E-state index < -0.39 is 0 Å². The number of benzene rings is 1. The van der Waals surface area contributed by atoms with Crippen molar-refractivity contribution in [2.45, 2.75) is 31.7 Å². The van der Waals surface area contributed by atoms with E-state index in [1.165, 1.54) is 19.3 Å². The van der Waals surface area contributed by atoms with Crippen molar-refractivity contribution < 1.29 is 4.39 Å². The topological polar surface area (TPSA) is 29.3 Å². The first-order valence-electron chi connectivity index (χ1n) is 6.51. The molecule has 0 aliphatic carbocycles. The van der Waals surface area contributed by atoms with E-state index >= 15 is 0 Å². The average Bonchev–Trinajstić information content (AvgIpc) is 2.38. The van der Waals surface area contributed by atoms with Crippen molar-refractivity contribution >= 4 is 0 Å². The van der Waals surface area contributed by atoms with Gasteiger partial charge in [0.1, 0.15) is 5.82 Å². The summed E-state index contributed by atoms with van der Waals surface area (Å²) in [5, 5.41) is 0. The Morgan fingerprint density at radius 3 is 2.53 bits per heavy atom. The molecule has 1 aromatic carbocycles. The summed E-state index contributed by atoms with van der Waals surface area (Å²) in [6, 6.07) is 7.24. The van der Waals surface area contributed by atoms with Crippen LogP contribution in [0.15, 0.2) is 24.3 Å². The molecule has 0 aromatic heterocycles. The van der Waals surface area contributed by atoms with Crippen molar-refractivity contribution in [3.8, 4) is 0 Å². The Bertz CT molecular complexity index is 348. The van der Waals surface area contributed by atoms with Gasteiger partial charge >= 0.3 is 0 Å². The fourth-order valence-electron chi connectivity index (χ4n) is 2.67. The van der Waals surface area contributed by atoms with Gasteiger partial charge in [-0.25, -0.2) is 4.39 Å². The quantitative estimate of drug-likeness (QED) is 0.871. The molecule has 2 rings (SSSR count). The van der Waals surface area contributed by atoms with Gasteiger partial charge in [0, 0.05) is 11.6 Å². The summed E-state index contributed by atoms with van der Waals surface area (Å²) in [6.07, 6.45) is 4.56. The molecule has 1 unspecified atom stereocenters. The summed E-state index contributed by atoms with van der Waals surface area (Å²) in [6.45, 7) is 2.74. The molecule has 1 heterocycles. The summed E-state index contributed by atoms with van der Waals surface area (Å²) < 4.78 is 13.9. The molecule has 0 spiro atoms. The lowest BCUT2D eigenvalue weighted by atomic mass is 9.98. The first kappa shape index (κ1) is 12.5. The first-order chi connectivity index (χ1) is 8.33. The van der Waals surface area contributed by atoms with E-state index in [1.807, 2.05) is 12.1 Å². The van der Waals surface area contributed by atoms with Gasteiger partial charge in [-0.05, 0) is 45.0 Å². The van der Waals surface area contributed by atoms with Gasteiger partial charge in [0.25, 0.3) is 0 Å². The SMILES string of the molecule is NCCC(c1ccccc1F)N1CCCCC1. The highest BCUT2D eigenvalue weighted by Crippen LogP contribution is 2.28. The second-order valence-electron chi connectivity index (χ2n) is 4.71. The maximum atomic E-state index is 13.9. The lowest BCUT2D eigenvalue weighted by Crippen LogP contribution is -2.35. The molecule has 0 amide bonds. The molecular formula is C14H21FN2. The van der Waals surface area contributed by atoms with Gasteiger partial charge in [0.15, 0.2) is 0 Å². The van der Waals surface area contributed by atoms with Gasteiger partial charge in [-0.2, -0.15) is 0 Å².